The van der Waals surface area contributed by atoms with Crippen molar-refractivity contribution in [3.63, 3.8) is 0 Å². The molecule has 3 N–H and O–H groups in total. The molecule has 17 heteroatoms. The number of imidazole rings is 2. The molecule has 0 spiro atoms. The van der Waals surface area contributed by atoms with Gasteiger partial charge in [-0.3, -0.25) is 0 Å². The molecule has 61 heavy (non-hydrogen) atoms. The number of nitrogens with zero attached hydrogens (tertiary/aromatic N) is 10. The van der Waals surface area contributed by atoms with E-state index in [0.717, 1.165) is 75.6 Å². The summed E-state index contributed by atoms with van der Waals surface area (Å²) in [7, 11) is 7.45. The Balaban J connectivity index is 0.000000139. The summed E-state index contributed by atoms with van der Waals surface area (Å²) in [4.78, 5) is 30.3. The highest BCUT2D eigenvalue weighted by atomic mass is 35.5. The van der Waals surface area contributed by atoms with Crippen LogP contribution in [0.15, 0.2) is 73.8 Å². The van der Waals surface area contributed by atoms with Crippen molar-refractivity contribution in [3.8, 4) is 34.4 Å². The molecule has 0 radical (unpaired) electrons. The molecule has 0 unspecified atom stereocenters. The Hall–Kier alpha value is -6.29. The fourth-order valence-electron chi connectivity index (χ4n) is 8.03. The second-order valence-electron chi connectivity index (χ2n) is 15.9. The number of fused-ring (bicyclic) bond motifs is 2. The summed E-state index contributed by atoms with van der Waals surface area (Å²) in [5.41, 5.74) is 11.0. The number of nitrogens with two attached hydrogens (primary N) is 1. The molecule has 2 fully saturated rings. The summed E-state index contributed by atoms with van der Waals surface area (Å²) >= 11 is 5.81. The van der Waals surface area contributed by atoms with Gasteiger partial charge in [0, 0.05) is 50.0 Å². The van der Waals surface area contributed by atoms with Crippen LogP contribution >= 0.6 is 11.6 Å². The van der Waals surface area contributed by atoms with E-state index in [1.807, 2.05) is 65.7 Å². The maximum atomic E-state index is 5.95. The highest BCUT2D eigenvalue weighted by Crippen LogP contribution is 2.41. The molecule has 2 aliphatic heterocycles. The molecule has 10 rings (SSSR count). The van der Waals surface area contributed by atoms with E-state index in [9.17, 15) is 0 Å². The SMILES string of the molecule is CN1c2nc(Cl)ncc2OC[C@@H]1C1CCC1.COc1cc(N)ccc1-n1cnc(C)c1.COc1cc(Nc2ncc3c(n2)N(C)[C@@H](C2CCC2)CO3)ccc1-n1cnc(C)c1. The first-order valence-corrected chi connectivity index (χ1v) is 21.0. The summed E-state index contributed by atoms with van der Waals surface area (Å²) in [6, 6.07) is 12.3. The molecule has 0 saturated heterocycles. The van der Waals surface area contributed by atoms with Crippen molar-refractivity contribution in [1.82, 2.24) is 39.0 Å². The van der Waals surface area contributed by atoms with Crippen LogP contribution in [0.2, 0.25) is 5.28 Å². The second-order valence-corrected chi connectivity index (χ2v) is 16.2. The van der Waals surface area contributed by atoms with Gasteiger partial charge in [-0.2, -0.15) is 9.97 Å². The van der Waals surface area contributed by atoms with E-state index >= 15 is 0 Å². The van der Waals surface area contributed by atoms with Crippen LogP contribution < -0.4 is 39.8 Å². The Morgan fingerprint density at radius 1 is 0.705 bits per heavy atom. The van der Waals surface area contributed by atoms with E-state index in [-0.39, 0.29) is 5.28 Å². The van der Waals surface area contributed by atoms with Crippen molar-refractivity contribution in [3.05, 3.63) is 90.5 Å². The zero-order valence-electron chi connectivity index (χ0n) is 35.5. The summed E-state index contributed by atoms with van der Waals surface area (Å²) < 4.78 is 26.4. The van der Waals surface area contributed by atoms with Gasteiger partial charge in [-0.1, -0.05) is 12.8 Å². The van der Waals surface area contributed by atoms with Crippen LogP contribution in [0, 0.1) is 25.7 Å². The average molecular weight is 849 g/mol. The first-order valence-electron chi connectivity index (χ1n) is 20.6. The number of aromatic nitrogens is 8. The highest BCUT2D eigenvalue weighted by Gasteiger charge is 2.37. The number of rotatable bonds is 8. The number of benzene rings is 2. The fraction of sp³-hybridized carbons (Fsp3) is 0.409. The fourth-order valence-corrected chi connectivity index (χ4v) is 8.15. The maximum absolute atomic E-state index is 5.95. The summed E-state index contributed by atoms with van der Waals surface area (Å²) in [6.07, 6.45) is 18.6. The minimum absolute atomic E-state index is 0.281. The minimum atomic E-state index is 0.281. The van der Waals surface area contributed by atoms with Crippen LogP contribution in [0.1, 0.15) is 49.9 Å². The van der Waals surface area contributed by atoms with E-state index in [1.165, 1.54) is 38.5 Å². The number of ether oxygens (including phenoxy) is 4. The van der Waals surface area contributed by atoms with Gasteiger partial charge >= 0.3 is 0 Å². The molecule has 4 aromatic heterocycles. The van der Waals surface area contributed by atoms with Crippen LogP contribution in [0.3, 0.4) is 0 Å². The Labute approximate surface area is 361 Å². The predicted molar refractivity (Wildman–Crippen MR) is 237 cm³/mol. The smallest absolute Gasteiger partial charge is 0.229 e. The lowest BCUT2D eigenvalue weighted by Gasteiger charge is -2.42. The van der Waals surface area contributed by atoms with Gasteiger partial charge in [0.05, 0.1) is 74.1 Å². The van der Waals surface area contributed by atoms with E-state index in [2.05, 4.69) is 54.1 Å². The third-order valence-corrected chi connectivity index (χ3v) is 12.1. The molecular weight excluding hydrogens is 796 g/mol. The number of hydrogen-bond acceptors (Lipinski definition) is 14. The second kappa shape index (κ2) is 18.1. The molecule has 2 aromatic carbocycles. The normalized spacial score (nSPS) is 18.0. The minimum Gasteiger partial charge on any atom is -0.494 e. The third kappa shape index (κ3) is 9.09. The molecule has 320 valence electrons. The lowest BCUT2D eigenvalue weighted by atomic mass is 9.79. The van der Waals surface area contributed by atoms with Gasteiger partial charge in [0.15, 0.2) is 23.1 Å². The molecular formula is C44H53ClN12O4. The zero-order valence-corrected chi connectivity index (χ0v) is 36.2. The van der Waals surface area contributed by atoms with Crippen LogP contribution in [-0.4, -0.2) is 92.7 Å². The molecule has 2 atom stereocenters. The predicted octanol–water partition coefficient (Wildman–Crippen LogP) is 7.62. The number of likely N-dealkylation sites (N-methyl/N-ethyl adjacent to an activating group) is 2. The number of aryl methyl sites for hydroxylation is 2. The largest absolute Gasteiger partial charge is 0.494 e. The molecule has 2 aliphatic carbocycles. The lowest BCUT2D eigenvalue weighted by molar-refractivity contribution is 0.170. The van der Waals surface area contributed by atoms with E-state index in [4.69, 9.17) is 41.3 Å². The molecule has 6 heterocycles. The Kier molecular flexibility index (Phi) is 12.3. The van der Waals surface area contributed by atoms with Crippen molar-refractivity contribution < 1.29 is 18.9 Å². The standard InChI is InChI=1S/C22H26N6O2.C11H14ClN3O.C11H13N3O/c1-14-11-28(13-24-14)17-8-7-16(9-19(17)29-3)25-22-23-10-20-21(26-22)27(2)18(12-30-20)15-5-4-6-15;1-15-8(7-3-2-4-7)6-16-9-5-13-11(12)14-10(9)15;1-8-6-14(7-13-8)10-4-3-9(12)5-11(10)15-2/h7-11,13,15,18H,4-6,12H2,1-3H3,(H,23,25,26);5,7-8H,2-4,6H2,1H3;3-7H,12H2,1-2H3/t18-;8-;/m11./s1. The maximum Gasteiger partial charge on any atom is 0.229 e. The van der Waals surface area contributed by atoms with Crippen LogP contribution in [0.5, 0.6) is 23.0 Å². The molecule has 6 aromatic rings. The van der Waals surface area contributed by atoms with Gasteiger partial charge < -0.3 is 48.9 Å². The molecule has 0 amide bonds. The van der Waals surface area contributed by atoms with Crippen LogP contribution in [-0.2, 0) is 0 Å². The van der Waals surface area contributed by atoms with Crippen LogP contribution in [0.4, 0.5) is 29.0 Å². The van der Waals surface area contributed by atoms with E-state index < -0.39 is 0 Å². The Morgan fingerprint density at radius 2 is 1.23 bits per heavy atom. The van der Waals surface area contributed by atoms with E-state index in [1.54, 1.807) is 45.3 Å². The zero-order chi connectivity index (χ0) is 42.6. The van der Waals surface area contributed by atoms with Crippen molar-refractivity contribution in [2.24, 2.45) is 11.8 Å². The quantitative estimate of drug-likeness (QED) is 0.113. The first-order chi connectivity index (χ1) is 29.6. The van der Waals surface area contributed by atoms with Crippen molar-refractivity contribution >= 4 is 40.6 Å². The van der Waals surface area contributed by atoms with Crippen molar-refractivity contribution in [2.45, 2.75) is 64.5 Å². The average Bonchev–Trinajstić information content (AvgIpc) is 3.87. The van der Waals surface area contributed by atoms with Crippen LogP contribution in [0.25, 0.3) is 11.4 Å². The molecule has 2 saturated carbocycles. The van der Waals surface area contributed by atoms with E-state index in [0.29, 0.717) is 36.2 Å². The van der Waals surface area contributed by atoms with Gasteiger partial charge in [-0.25, -0.2) is 19.9 Å². The number of halogens is 1. The number of anilines is 5. The Bertz CT molecular complexity index is 2450. The van der Waals surface area contributed by atoms with Gasteiger partial charge in [-0.15, -0.1) is 0 Å². The molecule has 16 nitrogen and oxygen atoms in total. The Morgan fingerprint density at radius 3 is 1.74 bits per heavy atom. The summed E-state index contributed by atoms with van der Waals surface area (Å²) in [5.74, 6) is 6.59. The monoisotopic (exact) mass is 848 g/mol. The number of hydrogen-bond donors (Lipinski definition) is 2. The van der Waals surface area contributed by atoms with Gasteiger partial charge in [0.25, 0.3) is 0 Å². The molecule has 4 aliphatic rings. The summed E-state index contributed by atoms with van der Waals surface area (Å²) in [5, 5.41) is 3.58. The van der Waals surface area contributed by atoms with Gasteiger partial charge in [-0.05, 0) is 87.2 Å². The van der Waals surface area contributed by atoms with Gasteiger partial charge in [0.1, 0.15) is 24.7 Å². The third-order valence-electron chi connectivity index (χ3n) is 11.9. The first kappa shape index (κ1) is 41.4. The highest BCUT2D eigenvalue weighted by molar-refractivity contribution is 6.28. The number of methoxy groups -OCH3 is 2. The summed E-state index contributed by atoms with van der Waals surface area (Å²) in [6.45, 7) is 5.35. The van der Waals surface area contributed by atoms with Crippen molar-refractivity contribution in [1.29, 1.82) is 0 Å². The number of nitrogen functional groups attached to an aromatic ring is 1. The van der Waals surface area contributed by atoms with Crippen molar-refractivity contribution in [2.75, 3.05) is 62.4 Å². The number of nitrogens with one attached hydrogen (secondary N) is 1. The topological polar surface area (TPSA) is 169 Å². The van der Waals surface area contributed by atoms with Gasteiger partial charge in [0.2, 0.25) is 11.2 Å². The lowest BCUT2D eigenvalue weighted by Crippen LogP contribution is -2.48. The molecule has 0 bridgehead atoms.